The van der Waals surface area contributed by atoms with Crippen molar-refractivity contribution in [1.29, 1.82) is 0 Å². The number of nitrogens with one attached hydrogen (secondary N) is 1. The van der Waals surface area contributed by atoms with Crippen LogP contribution in [0.15, 0.2) is 12.7 Å². The molecule has 0 aliphatic rings. The van der Waals surface area contributed by atoms with Crippen molar-refractivity contribution < 1.29 is 17.8 Å². The first-order valence-electron chi connectivity index (χ1n) is 3.58. The predicted molar refractivity (Wildman–Crippen MR) is 54.6 cm³/mol. The number of rotatable bonds is 4. The first-order valence-corrected chi connectivity index (χ1v) is 5.02. The summed E-state index contributed by atoms with van der Waals surface area (Å²) in [6, 6.07) is 0. The third kappa shape index (κ3) is 5.11. The molecule has 1 radical (unpaired) electrons. The summed E-state index contributed by atoms with van der Waals surface area (Å²) in [7, 11) is -4.16. The van der Waals surface area contributed by atoms with E-state index in [1.165, 1.54) is 13.8 Å². The van der Waals surface area contributed by atoms with Crippen LogP contribution in [-0.4, -0.2) is 59.7 Å². The quantitative estimate of drug-likeness (QED) is 0.390. The van der Waals surface area contributed by atoms with Crippen molar-refractivity contribution in [2.24, 2.45) is 0 Å². The number of carbonyl (C=O) groups is 1. The van der Waals surface area contributed by atoms with Gasteiger partial charge in [0, 0.05) is 36.1 Å². The summed E-state index contributed by atoms with van der Waals surface area (Å²) in [5.74, 6) is -0.475. The second-order valence-corrected chi connectivity index (χ2v) is 5.21. The molecule has 0 aromatic heterocycles. The molecule has 0 aliphatic heterocycles. The summed E-state index contributed by atoms with van der Waals surface area (Å²) in [6.07, 6.45) is 1.03. The summed E-state index contributed by atoms with van der Waals surface area (Å²) in [6.45, 7) is 5.67. The summed E-state index contributed by atoms with van der Waals surface area (Å²) < 4.78 is 28.8. The van der Waals surface area contributed by atoms with E-state index in [1.807, 2.05) is 0 Å². The van der Waals surface area contributed by atoms with Gasteiger partial charge in [0.05, 0.1) is 0 Å². The van der Waals surface area contributed by atoms with E-state index in [4.69, 9.17) is 4.55 Å². The van der Waals surface area contributed by atoms with Crippen LogP contribution in [0.25, 0.3) is 0 Å². The van der Waals surface area contributed by atoms with E-state index in [0.29, 0.717) is 0 Å². The molecule has 0 aromatic rings. The molecule has 0 aromatic carbocycles. The Morgan fingerprint density at radius 2 is 2.00 bits per heavy atom. The van der Waals surface area contributed by atoms with Crippen molar-refractivity contribution in [1.82, 2.24) is 5.32 Å². The first kappa shape index (κ1) is 16.5. The fraction of sp³-hybridized carbons (Fsp3) is 0.571. The minimum Gasteiger partial charge on any atom is -0.351 e. The monoisotopic (exact) mass is 230 g/mol. The zero-order valence-corrected chi connectivity index (χ0v) is 11.4. The Balaban J connectivity index is 0. The number of hydrogen-bond acceptors (Lipinski definition) is 3. The smallest absolute Gasteiger partial charge is 0.271 e. The van der Waals surface area contributed by atoms with Gasteiger partial charge in [0.25, 0.3) is 10.1 Å². The van der Waals surface area contributed by atoms with Crippen LogP contribution in [0.4, 0.5) is 0 Å². The number of hydrogen-bond donors (Lipinski definition) is 2. The van der Waals surface area contributed by atoms with Gasteiger partial charge in [-0.3, -0.25) is 9.35 Å². The minimum absolute atomic E-state index is 0. The van der Waals surface area contributed by atoms with Gasteiger partial charge in [-0.05, 0) is 19.9 Å². The average molecular weight is 230 g/mol. The van der Waals surface area contributed by atoms with Crippen LogP contribution in [0.3, 0.4) is 0 Å². The van der Waals surface area contributed by atoms with Crippen molar-refractivity contribution in [3.63, 3.8) is 0 Å². The van der Waals surface area contributed by atoms with Gasteiger partial charge in [-0.15, -0.1) is 0 Å². The normalized spacial score (nSPS) is 11.4. The third-order valence-electron chi connectivity index (χ3n) is 1.57. The fourth-order valence-electron chi connectivity index (χ4n) is 0.463. The Morgan fingerprint density at radius 1 is 1.57 bits per heavy atom. The molecule has 77 valence electrons. The molecule has 0 saturated heterocycles. The summed E-state index contributed by atoms with van der Waals surface area (Å²) in [4.78, 5) is 10.7. The molecule has 0 unspecified atom stereocenters. The van der Waals surface area contributed by atoms with E-state index >= 15 is 0 Å². The fourth-order valence-corrected chi connectivity index (χ4v) is 0.718. The minimum atomic E-state index is -4.16. The molecule has 0 saturated carbocycles. The van der Waals surface area contributed by atoms with E-state index < -0.39 is 20.8 Å². The van der Waals surface area contributed by atoms with E-state index in [0.717, 1.165) is 6.08 Å². The molecule has 0 bridgehead atoms. The second-order valence-electron chi connectivity index (χ2n) is 3.16. The molecule has 14 heavy (non-hydrogen) atoms. The van der Waals surface area contributed by atoms with Crippen molar-refractivity contribution >= 4 is 45.6 Å². The first-order chi connectivity index (χ1) is 5.70. The largest absolute Gasteiger partial charge is 0.351 e. The molecule has 7 heteroatoms. The Hall–Kier alpha value is 0.120. The molecule has 0 spiro atoms. The summed E-state index contributed by atoms with van der Waals surface area (Å²) in [5.41, 5.74) is 0. The van der Waals surface area contributed by atoms with Crippen molar-refractivity contribution in [2.45, 2.75) is 18.6 Å². The van der Waals surface area contributed by atoms with Crippen LogP contribution in [0.5, 0.6) is 0 Å². The zero-order chi connectivity index (χ0) is 10.7. The molecule has 0 atom stereocenters. The molecular formula is C7H13NNaO4S. The molecule has 0 heterocycles. The van der Waals surface area contributed by atoms with E-state index in [-0.39, 0.29) is 36.1 Å². The van der Waals surface area contributed by atoms with Gasteiger partial charge in [-0.1, -0.05) is 6.58 Å². The number of amides is 1. The second kappa shape index (κ2) is 5.87. The van der Waals surface area contributed by atoms with Crippen LogP contribution in [-0.2, 0) is 14.9 Å². The number of carbonyl (C=O) groups excluding carboxylic acids is 1. The van der Waals surface area contributed by atoms with Crippen LogP contribution in [0.1, 0.15) is 13.8 Å². The topological polar surface area (TPSA) is 83.5 Å². The van der Waals surface area contributed by atoms with Gasteiger partial charge in [-0.2, -0.15) is 8.42 Å². The van der Waals surface area contributed by atoms with E-state index in [2.05, 4.69) is 11.9 Å². The maximum absolute atomic E-state index is 10.7. The zero-order valence-electron chi connectivity index (χ0n) is 8.57. The van der Waals surface area contributed by atoms with Gasteiger partial charge < -0.3 is 5.32 Å². The Kier molecular flexibility index (Phi) is 6.94. The van der Waals surface area contributed by atoms with Gasteiger partial charge in [-0.25, -0.2) is 0 Å². The van der Waals surface area contributed by atoms with E-state index in [9.17, 15) is 13.2 Å². The summed E-state index contributed by atoms with van der Waals surface area (Å²) >= 11 is 0. The molecule has 0 fully saturated rings. The molecule has 0 aliphatic carbocycles. The van der Waals surface area contributed by atoms with Crippen LogP contribution in [0.2, 0.25) is 0 Å². The van der Waals surface area contributed by atoms with Crippen LogP contribution in [0, 0.1) is 0 Å². The maximum Gasteiger partial charge on any atom is 0.271 e. The van der Waals surface area contributed by atoms with Gasteiger partial charge in [0.2, 0.25) is 5.91 Å². The standard InChI is InChI=1S/C7H13NO4S.Na/c1-4-6(9)8-5-7(2,3)13(10,11)12;/h4H,1,5H2,2-3H3,(H,8,9)(H,10,11,12);. The van der Waals surface area contributed by atoms with Crippen LogP contribution < -0.4 is 5.32 Å². The molecule has 0 rings (SSSR count). The van der Waals surface area contributed by atoms with Crippen molar-refractivity contribution in [3.05, 3.63) is 12.7 Å². The third-order valence-corrected chi connectivity index (χ3v) is 3.11. The molecule has 2 N–H and O–H groups in total. The molecular weight excluding hydrogens is 217 g/mol. The predicted octanol–water partition coefficient (Wildman–Crippen LogP) is -0.426. The molecule has 1 amide bonds. The van der Waals surface area contributed by atoms with Crippen LogP contribution >= 0.6 is 0 Å². The van der Waals surface area contributed by atoms with Gasteiger partial charge >= 0.3 is 0 Å². The average Bonchev–Trinajstić information content (AvgIpc) is 1.98. The Labute approximate surface area is 106 Å². The van der Waals surface area contributed by atoms with E-state index in [1.54, 1.807) is 0 Å². The van der Waals surface area contributed by atoms with Crippen molar-refractivity contribution in [2.75, 3.05) is 6.54 Å². The van der Waals surface area contributed by atoms with Crippen molar-refractivity contribution in [3.8, 4) is 0 Å². The Bertz CT molecular complexity index is 310. The Morgan fingerprint density at radius 3 is 2.29 bits per heavy atom. The maximum atomic E-state index is 10.7. The van der Waals surface area contributed by atoms with Gasteiger partial charge in [0.1, 0.15) is 4.75 Å². The SMILES string of the molecule is C=CC(=O)NCC(C)(C)S(=O)(=O)O.[Na]. The molecule has 5 nitrogen and oxygen atoms in total. The van der Waals surface area contributed by atoms with Gasteiger partial charge in [0.15, 0.2) is 0 Å². The summed E-state index contributed by atoms with van der Waals surface area (Å²) in [5, 5.41) is 2.28.